The molecular weight excluding hydrogens is 297 g/mol. The molecule has 0 aliphatic rings. The zero-order valence-electron chi connectivity index (χ0n) is 8.83. The van der Waals surface area contributed by atoms with Crippen LogP contribution in [0.1, 0.15) is 18.9 Å². The molecule has 0 saturated heterocycles. The predicted octanol–water partition coefficient (Wildman–Crippen LogP) is 2.42. The zero-order valence-corrected chi connectivity index (χ0v) is 11.2. The van der Waals surface area contributed by atoms with E-state index in [0.29, 0.717) is 16.5 Å². The molecule has 6 heteroatoms. The maximum absolute atomic E-state index is 12.9. The van der Waals surface area contributed by atoms with Gasteiger partial charge < -0.3 is 0 Å². The second-order valence-electron chi connectivity index (χ2n) is 3.38. The summed E-state index contributed by atoms with van der Waals surface area (Å²) in [6, 6.07) is 4.17. The molecule has 0 heterocycles. The first-order valence-electron chi connectivity index (χ1n) is 4.86. The van der Waals surface area contributed by atoms with Gasteiger partial charge in [-0.1, -0.05) is 22.9 Å². The topological polar surface area (TPSA) is 46.2 Å². The zero-order chi connectivity index (χ0) is 12.2. The molecule has 0 aromatic heterocycles. The number of benzene rings is 1. The Morgan fingerprint density at radius 3 is 2.75 bits per heavy atom. The molecule has 0 amide bonds. The van der Waals surface area contributed by atoms with Crippen LogP contribution in [-0.4, -0.2) is 14.2 Å². The second kappa shape index (κ2) is 5.75. The predicted molar refractivity (Wildman–Crippen MR) is 65.0 cm³/mol. The van der Waals surface area contributed by atoms with Crippen LogP contribution < -0.4 is 4.72 Å². The SMILES string of the molecule is CCCS(=O)(=O)NCc1cc(F)ccc1Br. The maximum Gasteiger partial charge on any atom is 0.211 e. The van der Waals surface area contributed by atoms with Gasteiger partial charge in [0.2, 0.25) is 10.0 Å². The quantitative estimate of drug-likeness (QED) is 0.908. The van der Waals surface area contributed by atoms with Crippen LogP contribution >= 0.6 is 15.9 Å². The van der Waals surface area contributed by atoms with E-state index in [2.05, 4.69) is 20.7 Å². The minimum atomic E-state index is -3.25. The van der Waals surface area contributed by atoms with Crippen molar-refractivity contribution in [2.75, 3.05) is 5.75 Å². The Balaban J connectivity index is 2.71. The summed E-state index contributed by atoms with van der Waals surface area (Å²) >= 11 is 3.24. The van der Waals surface area contributed by atoms with E-state index in [-0.39, 0.29) is 18.1 Å². The number of halogens is 2. The van der Waals surface area contributed by atoms with Crippen molar-refractivity contribution in [3.8, 4) is 0 Å². The van der Waals surface area contributed by atoms with Crippen LogP contribution in [0, 0.1) is 5.82 Å². The first-order valence-corrected chi connectivity index (χ1v) is 7.30. The molecule has 90 valence electrons. The van der Waals surface area contributed by atoms with Crippen LogP contribution in [0.2, 0.25) is 0 Å². The average molecular weight is 310 g/mol. The lowest BCUT2D eigenvalue weighted by atomic mass is 10.2. The van der Waals surface area contributed by atoms with Gasteiger partial charge in [0.05, 0.1) is 5.75 Å². The van der Waals surface area contributed by atoms with Gasteiger partial charge in [-0.2, -0.15) is 0 Å². The number of hydrogen-bond donors (Lipinski definition) is 1. The smallest absolute Gasteiger partial charge is 0.211 e. The third-order valence-corrected chi connectivity index (χ3v) is 4.27. The number of sulfonamides is 1. The van der Waals surface area contributed by atoms with Crippen molar-refractivity contribution < 1.29 is 12.8 Å². The molecular formula is C10H13BrFNO2S. The van der Waals surface area contributed by atoms with Crippen LogP contribution in [0.5, 0.6) is 0 Å². The lowest BCUT2D eigenvalue weighted by molar-refractivity contribution is 0.578. The van der Waals surface area contributed by atoms with Gasteiger partial charge in [-0.25, -0.2) is 17.5 Å². The molecule has 0 aliphatic heterocycles. The van der Waals surface area contributed by atoms with Crippen LogP contribution in [-0.2, 0) is 16.6 Å². The lowest BCUT2D eigenvalue weighted by Gasteiger charge is -2.07. The number of rotatable bonds is 5. The third kappa shape index (κ3) is 4.19. The van der Waals surface area contributed by atoms with Gasteiger partial charge >= 0.3 is 0 Å². The highest BCUT2D eigenvalue weighted by molar-refractivity contribution is 9.10. The van der Waals surface area contributed by atoms with Gasteiger partial charge in [-0.3, -0.25) is 0 Å². The molecule has 0 saturated carbocycles. The van der Waals surface area contributed by atoms with E-state index >= 15 is 0 Å². The van der Waals surface area contributed by atoms with Crippen molar-refractivity contribution in [1.82, 2.24) is 4.72 Å². The van der Waals surface area contributed by atoms with Gasteiger partial charge in [0.25, 0.3) is 0 Å². The molecule has 0 atom stereocenters. The highest BCUT2D eigenvalue weighted by Gasteiger charge is 2.09. The van der Waals surface area contributed by atoms with Crippen molar-refractivity contribution in [2.45, 2.75) is 19.9 Å². The maximum atomic E-state index is 12.9. The Hall–Kier alpha value is -0.460. The Kier molecular flexibility index (Phi) is 4.89. The molecule has 1 aromatic rings. The summed E-state index contributed by atoms with van der Waals surface area (Å²) < 4.78 is 38.8. The molecule has 0 aliphatic carbocycles. The largest absolute Gasteiger partial charge is 0.212 e. The molecule has 1 rings (SSSR count). The summed E-state index contributed by atoms with van der Waals surface area (Å²) in [5.41, 5.74) is 0.583. The Morgan fingerprint density at radius 2 is 2.12 bits per heavy atom. The Morgan fingerprint density at radius 1 is 1.44 bits per heavy atom. The standard InChI is InChI=1S/C10H13BrFNO2S/c1-2-5-16(14,15)13-7-8-6-9(12)3-4-10(8)11/h3-4,6,13H,2,5,7H2,1H3. The minimum absolute atomic E-state index is 0.0833. The average Bonchev–Trinajstić information content (AvgIpc) is 2.19. The highest BCUT2D eigenvalue weighted by Crippen LogP contribution is 2.17. The van der Waals surface area contributed by atoms with Crippen molar-refractivity contribution in [3.63, 3.8) is 0 Å². The summed E-state index contributed by atoms with van der Waals surface area (Å²) in [6.07, 6.45) is 0.555. The van der Waals surface area contributed by atoms with Crippen LogP contribution in [0.25, 0.3) is 0 Å². The molecule has 0 radical (unpaired) electrons. The fourth-order valence-corrected chi connectivity index (χ4v) is 2.65. The van der Waals surface area contributed by atoms with Gasteiger partial charge in [-0.05, 0) is 30.2 Å². The molecule has 0 spiro atoms. The van der Waals surface area contributed by atoms with E-state index in [1.54, 1.807) is 13.0 Å². The molecule has 0 unspecified atom stereocenters. The fourth-order valence-electron chi connectivity index (χ4n) is 1.21. The first-order chi connectivity index (χ1) is 7.44. The fraction of sp³-hybridized carbons (Fsp3) is 0.400. The van der Waals surface area contributed by atoms with E-state index in [9.17, 15) is 12.8 Å². The van der Waals surface area contributed by atoms with Gasteiger partial charge in [0.1, 0.15) is 5.82 Å². The van der Waals surface area contributed by atoms with Crippen molar-refractivity contribution in [3.05, 3.63) is 34.1 Å². The first kappa shape index (κ1) is 13.6. The van der Waals surface area contributed by atoms with E-state index in [1.165, 1.54) is 12.1 Å². The molecule has 0 fully saturated rings. The summed E-state index contributed by atoms with van der Waals surface area (Å²) in [4.78, 5) is 0. The van der Waals surface area contributed by atoms with Gasteiger partial charge in [0, 0.05) is 11.0 Å². The molecule has 0 bridgehead atoms. The molecule has 16 heavy (non-hydrogen) atoms. The lowest BCUT2D eigenvalue weighted by Crippen LogP contribution is -2.25. The van der Waals surface area contributed by atoms with E-state index < -0.39 is 10.0 Å². The molecule has 3 nitrogen and oxygen atoms in total. The summed E-state index contributed by atoms with van der Waals surface area (Å²) in [5.74, 6) is -0.298. The summed E-state index contributed by atoms with van der Waals surface area (Å²) in [5, 5.41) is 0. The monoisotopic (exact) mass is 309 g/mol. The van der Waals surface area contributed by atoms with Gasteiger partial charge in [-0.15, -0.1) is 0 Å². The Bertz CT molecular complexity index is 462. The number of hydrogen-bond acceptors (Lipinski definition) is 2. The Labute approximate surface area is 103 Å². The molecule has 1 N–H and O–H groups in total. The highest BCUT2D eigenvalue weighted by atomic mass is 79.9. The third-order valence-electron chi connectivity index (χ3n) is 1.96. The van der Waals surface area contributed by atoms with Crippen LogP contribution in [0.3, 0.4) is 0 Å². The number of nitrogens with one attached hydrogen (secondary N) is 1. The van der Waals surface area contributed by atoms with Crippen LogP contribution in [0.15, 0.2) is 22.7 Å². The normalized spacial score (nSPS) is 11.7. The van der Waals surface area contributed by atoms with Gasteiger partial charge in [0.15, 0.2) is 0 Å². The van der Waals surface area contributed by atoms with E-state index in [1.807, 2.05) is 0 Å². The van der Waals surface area contributed by atoms with Crippen molar-refractivity contribution >= 4 is 26.0 Å². The molecule has 1 aromatic carbocycles. The summed E-state index contributed by atoms with van der Waals surface area (Å²) in [7, 11) is -3.25. The van der Waals surface area contributed by atoms with Crippen molar-refractivity contribution in [2.24, 2.45) is 0 Å². The summed E-state index contributed by atoms with van der Waals surface area (Å²) in [6.45, 7) is 1.89. The van der Waals surface area contributed by atoms with E-state index in [4.69, 9.17) is 0 Å². The second-order valence-corrected chi connectivity index (χ2v) is 6.16. The minimum Gasteiger partial charge on any atom is -0.212 e. The van der Waals surface area contributed by atoms with Crippen molar-refractivity contribution in [1.29, 1.82) is 0 Å². The van der Waals surface area contributed by atoms with E-state index in [0.717, 1.165) is 0 Å². The van der Waals surface area contributed by atoms with Crippen LogP contribution in [0.4, 0.5) is 4.39 Å².